The normalized spacial score (nSPS) is 9.81. The third-order valence-corrected chi connectivity index (χ3v) is 2.03. The lowest BCUT2D eigenvalue weighted by Crippen LogP contribution is -2.32. The molecule has 4 heteroatoms. The molecule has 16 heavy (non-hydrogen) atoms. The van der Waals surface area contributed by atoms with Crippen LogP contribution in [0.3, 0.4) is 0 Å². The van der Waals surface area contributed by atoms with Gasteiger partial charge < -0.3 is 15.4 Å². The molecule has 88 valence electrons. The van der Waals surface area contributed by atoms with Gasteiger partial charge in [-0.2, -0.15) is 0 Å². The van der Waals surface area contributed by atoms with E-state index in [4.69, 9.17) is 4.74 Å². The number of nitrogens with one attached hydrogen (secondary N) is 2. The van der Waals surface area contributed by atoms with Gasteiger partial charge in [-0.3, -0.25) is 0 Å². The lowest BCUT2D eigenvalue weighted by Gasteiger charge is -2.07. The van der Waals surface area contributed by atoms with Gasteiger partial charge in [0.1, 0.15) is 6.61 Å². The molecule has 1 amide bonds. The number of hydrogen-bond acceptors (Lipinski definition) is 3. The predicted octanol–water partition coefficient (Wildman–Crippen LogP) is 1.52. The van der Waals surface area contributed by atoms with Gasteiger partial charge in [0, 0.05) is 13.1 Å². The fraction of sp³-hybridized carbons (Fsp3) is 0.417. The maximum atomic E-state index is 11.2. The van der Waals surface area contributed by atoms with Crippen LogP contribution in [0.15, 0.2) is 30.3 Å². The summed E-state index contributed by atoms with van der Waals surface area (Å²) in [6, 6.07) is 9.61. The average Bonchev–Trinajstić information content (AvgIpc) is 2.33. The van der Waals surface area contributed by atoms with Gasteiger partial charge in [-0.1, -0.05) is 37.3 Å². The van der Waals surface area contributed by atoms with E-state index in [9.17, 15) is 4.79 Å². The van der Waals surface area contributed by atoms with Gasteiger partial charge in [-0.05, 0) is 12.1 Å². The summed E-state index contributed by atoms with van der Waals surface area (Å²) in [6.07, 6.45) is -0.373. The Labute approximate surface area is 96.0 Å². The number of rotatable bonds is 6. The van der Waals surface area contributed by atoms with Crippen LogP contribution in [0, 0.1) is 0 Å². The summed E-state index contributed by atoms with van der Waals surface area (Å²) >= 11 is 0. The number of carbonyl (C=O) groups excluding carboxylic acids is 1. The van der Waals surface area contributed by atoms with Crippen LogP contribution < -0.4 is 10.6 Å². The zero-order valence-electron chi connectivity index (χ0n) is 9.53. The second-order valence-electron chi connectivity index (χ2n) is 3.34. The van der Waals surface area contributed by atoms with Gasteiger partial charge in [0.15, 0.2) is 0 Å². The number of likely N-dealkylation sites (N-methyl/N-ethyl adjacent to an activating group) is 1. The fourth-order valence-electron chi connectivity index (χ4n) is 1.20. The highest BCUT2D eigenvalue weighted by Crippen LogP contribution is 2.00. The number of benzene rings is 1. The molecular formula is C12H18N2O2. The van der Waals surface area contributed by atoms with Gasteiger partial charge in [0.05, 0.1) is 0 Å². The zero-order valence-corrected chi connectivity index (χ0v) is 9.53. The Kier molecular flexibility index (Phi) is 6.03. The Bertz CT molecular complexity index is 301. The monoisotopic (exact) mass is 222 g/mol. The molecular weight excluding hydrogens is 204 g/mol. The van der Waals surface area contributed by atoms with E-state index in [2.05, 4.69) is 10.6 Å². The third kappa shape index (κ3) is 5.36. The number of carbonyl (C=O) groups is 1. The highest BCUT2D eigenvalue weighted by Gasteiger charge is 2.00. The van der Waals surface area contributed by atoms with Crippen molar-refractivity contribution in [3.63, 3.8) is 0 Å². The minimum atomic E-state index is -0.373. The molecule has 2 N–H and O–H groups in total. The van der Waals surface area contributed by atoms with Crippen molar-refractivity contribution in [1.29, 1.82) is 0 Å². The van der Waals surface area contributed by atoms with Crippen LogP contribution in [0.5, 0.6) is 0 Å². The Hall–Kier alpha value is -1.55. The van der Waals surface area contributed by atoms with E-state index in [1.807, 2.05) is 37.3 Å². The Morgan fingerprint density at radius 2 is 2.00 bits per heavy atom. The third-order valence-electron chi connectivity index (χ3n) is 2.03. The van der Waals surface area contributed by atoms with Gasteiger partial charge in [-0.15, -0.1) is 0 Å². The van der Waals surface area contributed by atoms with Gasteiger partial charge in [-0.25, -0.2) is 4.79 Å². The zero-order chi connectivity index (χ0) is 11.6. The maximum absolute atomic E-state index is 11.2. The van der Waals surface area contributed by atoms with E-state index in [0.29, 0.717) is 13.2 Å². The van der Waals surface area contributed by atoms with Gasteiger partial charge in [0.25, 0.3) is 0 Å². The Balaban J connectivity index is 2.11. The first kappa shape index (κ1) is 12.5. The number of alkyl carbamates (subject to hydrolysis) is 1. The van der Waals surface area contributed by atoms with Crippen LogP contribution in [-0.2, 0) is 11.3 Å². The highest BCUT2D eigenvalue weighted by atomic mass is 16.5. The van der Waals surface area contributed by atoms with Crippen molar-refractivity contribution in [3.8, 4) is 0 Å². The lowest BCUT2D eigenvalue weighted by atomic mass is 10.2. The van der Waals surface area contributed by atoms with Crippen molar-refractivity contribution in [2.24, 2.45) is 0 Å². The molecule has 4 nitrogen and oxygen atoms in total. The average molecular weight is 222 g/mol. The molecule has 0 aromatic heterocycles. The summed E-state index contributed by atoms with van der Waals surface area (Å²) in [5, 5.41) is 5.77. The van der Waals surface area contributed by atoms with Crippen LogP contribution in [0.25, 0.3) is 0 Å². The van der Waals surface area contributed by atoms with Gasteiger partial charge in [0.2, 0.25) is 0 Å². The first-order chi connectivity index (χ1) is 7.83. The van der Waals surface area contributed by atoms with Gasteiger partial charge >= 0.3 is 6.09 Å². The summed E-state index contributed by atoms with van der Waals surface area (Å²) in [6.45, 7) is 4.58. The fourth-order valence-corrected chi connectivity index (χ4v) is 1.20. The second-order valence-corrected chi connectivity index (χ2v) is 3.34. The predicted molar refractivity (Wildman–Crippen MR) is 63.2 cm³/mol. The van der Waals surface area contributed by atoms with Crippen molar-refractivity contribution in [2.75, 3.05) is 19.6 Å². The van der Waals surface area contributed by atoms with Crippen molar-refractivity contribution >= 4 is 6.09 Å². The summed E-state index contributed by atoms with van der Waals surface area (Å²) in [7, 11) is 0. The van der Waals surface area contributed by atoms with E-state index in [-0.39, 0.29) is 6.09 Å². The molecule has 0 radical (unpaired) electrons. The SMILES string of the molecule is CCNCCNC(=O)OCc1ccccc1. The molecule has 0 bridgehead atoms. The molecule has 0 atom stereocenters. The topological polar surface area (TPSA) is 50.4 Å². The number of amides is 1. The molecule has 1 rings (SSSR count). The Morgan fingerprint density at radius 1 is 1.25 bits per heavy atom. The number of ether oxygens (including phenoxy) is 1. The maximum Gasteiger partial charge on any atom is 0.407 e. The largest absolute Gasteiger partial charge is 0.445 e. The molecule has 0 unspecified atom stereocenters. The molecule has 0 aliphatic heterocycles. The van der Waals surface area contributed by atoms with E-state index in [0.717, 1.165) is 18.7 Å². The summed E-state index contributed by atoms with van der Waals surface area (Å²) in [5.74, 6) is 0. The number of hydrogen-bond donors (Lipinski definition) is 2. The van der Waals surface area contributed by atoms with Crippen LogP contribution >= 0.6 is 0 Å². The van der Waals surface area contributed by atoms with E-state index in [1.165, 1.54) is 0 Å². The molecule has 0 fully saturated rings. The Morgan fingerprint density at radius 3 is 2.69 bits per heavy atom. The van der Waals surface area contributed by atoms with Crippen LogP contribution in [0.4, 0.5) is 4.79 Å². The van der Waals surface area contributed by atoms with Crippen molar-refractivity contribution in [3.05, 3.63) is 35.9 Å². The van der Waals surface area contributed by atoms with Crippen LogP contribution in [-0.4, -0.2) is 25.7 Å². The molecule has 0 saturated heterocycles. The van der Waals surface area contributed by atoms with Crippen LogP contribution in [0.2, 0.25) is 0 Å². The van der Waals surface area contributed by atoms with E-state index >= 15 is 0 Å². The molecule has 0 aliphatic carbocycles. The molecule has 1 aromatic rings. The minimum Gasteiger partial charge on any atom is -0.445 e. The van der Waals surface area contributed by atoms with Crippen molar-refractivity contribution in [1.82, 2.24) is 10.6 Å². The summed E-state index contributed by atoms with van der Waals surface area (Å²) < 4.78 is 5.03. The standard InChI is InChI=1S/C12H18N2O2/c1-2-13-8-9-14-12(15)16-10-11-6-4-3-5-7-11/h3-7,13H,2,8-10H2,1H3,(H,14,15). The minimum absolute atomic E-state index is 0.313. The van der Waals surface area contributed by atoms with E-state index in [1.54, 1.807) is 0 Å². The molecule has 0 saturated carbocycles. The summed E-state index contributed by atoms with van der Waals surface area (Å²) in [5.41, 5.74) is 0.990. The first-order valence-corrected chi connectivity index (χ1v) is 5.48. The van der Waals surface area contributed by atoms with Crippen molar-refractivity contribution in [2.45, 2.75) is 13.5 Å². The summed E-state index contributed by atoms with van der Waals surface area (Å²) in [4.78, 5) is 11.2. The smallest absolute Gasteiger partial charge is 0.407 e. The molecule has 0 spiro atoms. The quantitative estimate of drug-likeness (QED) is 0.717. The first-order valence-electron chi connectivity index (χ1n) is 5.48. The lowest BCUT2D eigenvalue weighted by molar-refractivity contribution is 0.139. The molecule has 0 heterocycles. The highest BCUT2D eigenvalue weighted by molar-refractivity contribution is 5.67. The molecule has 0 aliphatic rings. The molecule has 1 aromatic carbocycles. The van der Waals surface area contributed by atoms with Crippen LogP contribution in [0.1, 0.15) is 12.5 Å². The second kappa shape index (κ2) is 7.70. The van der Waals surface area contributed by atoms with E-state index < -0.39 is 0 Å². The van der Waals surface area contributed by atoms with Crippen molar-refractivity contribution < 1.29 is 9.53 Å².